The highest BCUT2D eigenvalue weighted by atomic mass is 127. The molecule has 3 aliphatic carbocycles. The summed E-state index contributed by atoms with van der Waals surface area (Å²) in [7, 11) is 3.60. The van der Waals surface area contributed by atoms with Crippen molar-refractivity contribution in [2.24, 2.45) is 16.8 Å². The van der Waals surface area contributed by atoms with E-state index in [0.29, 0.717) is 6.04 Å². The van der Waals surface area contributed by atoms with Gasteiger partial charge in [-0.25, -0.2) is 4.99 Å². The van der Waals surface area contributed by atoms with Gasteiger partial charge in [-0.1, -0.05) is 19.3 Å². The van der Waals surface area contributed by atoms with Crippen molar-refractivity contribution in [2.75, 3.05) is 46.8 Å². The van der Waals surface area contributed by atoms with Crippen LogP contribution in [0.5, 0.6) is 0 Å². The Morgan fingerprint density at radius 1 is 1.04 bits per heavy atom. The average molecular weight is 503 g/mol. The zero-order valence-electron chi connectivity index (χ0n) is 17.6. The third kappa shape index (κ3) is 5.12. The number of nitrogens with zero attached hydrogens (tertiary/aromatic N) is 4. The van der Waals surface area contributed by atoms with Crippen LogP contribution < -0.4 is 5.32 Å². The van der Waals surface area contributed by atoms with Gasteiger partial charge in [0, 0.05) is 52.4 Å². The first-order valence-corrected chi connectivity index (χ1v) is 11.1. The number of hydrogen-bond donors (Lipinski definition) is 1. The number of carbonyl (C=O) groups excluding carboxylic acids is 1. The van der Waals surface area contributed by atoms with Crippen LogP contribution in [0, 0.1) is 11.8 Å². The maximum Gasteiger partial charge on any atom is 0.243 e. The summed E-state index contributed by atoms with van der Waals surface area (Å²) < 4.78 is 0. The third-order valence-electron chi connectivity index (χ3n) is 7.33. The lowest BCUT2D eigenvalue weighted by Gasteiger charge is -2.42. The Morgan fingerprint density at radius 2 is 1.75 bits per heavy atom. The van der Waals surface area contributed by atoms with E-state index in [9.17, 15) is 4.79 Å². The lowest BCUT2D eigenvalue weighted by atomic mass is 9.93. The third-order valence-corrected chi connectivity index (χ3v) is 7.33. The van der Waals surface area contributed by atoms with Gasteiger partial charge in [-0.2, -0.15) is 0 Å². The molecule has 3 saturated carbocycles. The second-order valence-corrected chi connectivity index (χ2v) is 9.32. The van der Waals surface area contributed by atoms with E-state index in [0.717, 1.165) is 50.0 Å². The topological polar surface area (TPSA) is 51.2 Å². The van der Waals surface area contributed by atoms with Crippen LogP contribution >= 0.6 is 24.0 Å². The Labute approximate surface area is 187 Å². The summed E-state index contributed by atoms with van der Waals surface area (Å²) in [4.78, 5) is 23.5. The fourth-order valence-electron chi connectivity index (χ4n) is 5.70. The molecule has 1 saturated heterocycles. The molecule has 160 valence electrons. The molecule has 1 amide bonds. The van der Waals surface area contributed by atoms with Crippen LogP contribution in [0.3, 0.4) is 0 Å². The first-order valence-electron chi connectivity index (χ1n) is 11.1. The standard InChI is InChI=1S/C21H37N5O.HI/c1-24(2)20(27)15-22-21(23-18-5-3-4-6-18)26-11-9-25(10-12-26)19-14-16-7-8-17(19)13-16;/h16-19H,3-15H2,1-2H3,(H,22,23);1H. The van der Waals surface area contributed by atoms with E-state index in [1.165, 1.54) is 51.4 Å². The van der Waals surface area contributed by atoms with E-state index in [1.54, 1.807) is 19.0 Å². The highest BCUT2D eigenvalue weighted by Gasteiger charge is 2.42. The lowest BCUT2D eigenvalue weighted by Crippen LogP contribution is -2.56. The minimum Gasteiger partial charge on any atom is -0.353 e. The maximum atomic E-state index is 12.0. The highest BCUT2D eigenvalue weighted by molar-refractivity contribution is 14.0. The largest absolute Gasteiger partial charge is 0.353 e. The number of rotatable bonds is 4. The van der Waals surface area contributed by atoms with Crippen molar-refractivity contribution in [1.29, 1.82) is 0 Å². The summed E-state index contributed by atoms with van der Waals surface area (Å²) in [5, 5.41) is 3.68. The summed E-state index contributed by atoms with van der Waals surface area (Å²) in [5.74, 6) is 3.01. The van der Waals surface area contributed by atoms with Gasteiger partial charge < -0.3 is 15.1 Å². The number of halogens is 1. The first-order chi connectivity index (χ1) is 13.1. The maximum absolute atomic E-state index is 12.0. The Bertz CT molecular complexity index is 555. The molecule has 0 radical (unpaired) electrons. The molecule has 4 aliphatic rings. The van der Waals surface area contributed by atoms with Crippen molar-refractivity contribution in [3.8, 4) is 0 Å². The van der Waals surface area contributed by atoms with Gasteiger partial charge in [0.25, 0.3) is 0 Å². The van der Waals surface area contributed by atoms with Gasteiger partial charge in [0.1, 0.15) is 6.54 Å². The molecule has 0 aromatic carbocycles. The first kappa shape index (κ1) is 22.1. The number of piperazine rings is 1. The van der Waals surface area contributed by atoms with E-state index in [2.05, 4.69) is 15.1 Å². The lowest BCUT2D eigenvalue weighted by molar-refractivity contribution is -0.127. The van der Waals surface area contributed by atoms with Gasteiger partial charge in [-0.15, -0.1) is 24.0 Å². The Morgan fingerprint density at radius 3 is 2.32 bits per heavy atom. The number of guanidine groups is 1. The van der Waals surface area contributed by atoms with Gasteiger partial charge in [0.2, 0.25) is 5.91 Å². The van der Waals surface area contributed by atoms with E-state index in [1.807, 2.05) is 0 Å². The van der Waals surface area contributed by atoms with Crippen molar-refractivity contribution in [2.45, 2.75) is 63.5 Å². The van der Waals surface area contributed by atoms with Crippen molar-refractivity contribution >= 4 is 35.8 Å². The van der Waals surface area contributed by atoms with Crippen LogP contribution in [0.1, 0.15) is 51.4 Å². The second kappa shape index (κ2) is 9.96. The molecular weight excluding hydrogens is 465 g/mol. The minimum atomic E-state index is 0. The number of aliphatic imine (C=N–C) groups is 1. The van der Waals surface area contributed by atoms with Gasteiger partial charge in [-0.3, -0.25) is 9.69 Å². The molecule has 2 bridgehead atoms. The van der Waals surface area contributed by atoms with Crippen LogP contribution in [0.25, 0.3) is 0 Å². The van der Waals surface area contributed by atoms with Gasteiger partial charge in [0.05, 0.1) is 0 Å². The predicted octanol–water partition coefficient (Wildman–Crippen LogP) is 2.39. The van der Waals surface area contributed by atoms with E-state index in [4.69, 9.17) is 4.99 Å². The molecule has 1 aliphatic heterocycles. The number of likely N-dealkylation sites (N-methyl/N-ethyl adjacent to an activating group) is 1. The van der Waals surface area contributed by atoms with Crippen molar-refractivity contribution < 1.29 is 4.79 Å². The molecule has 4 rings (SSSR count). The quantitative estimate of drug-likeness (QED) is 0.364. The Balaban J connectivity index is 0.00000225. The second-order valence-electron chi connectivity index (χ2n) is 9.32. The van der Waals surface area contributed by atoms with E-state index >= 15 is 0 Å². The Hall–Kier alpha value is -0.570. The molecule has 0 aromatic heterocycles. The summed E-state index contributed by atoms with van der Waals surface area (Å²) in [6, 6.07) is 1.37. The summed E-state index contributed by atoms with van der Waals surface area (Å²) in [6.07, 6.45) is 10.9. The average Bonchev–Trinajstić information content (AvgIpc) is 3.43. The SMILES string of the molecule is CN(C)C(=O)CN=C(NC1CCCC1)N1CCN(C2CC3CCC2C3)CC1.I. The highest BCUT2D eigenvalue weighted by Crippen LogP contribution is 2.46. The van der Waals surface area contributed by atoms with Gasteiger partial charge >= 0.3 is 0 Å². The van der Waals surface area contributed by atoms with E-state index < -0.39 is 0 Å². The van der Waals surface area contributed by atoms with Crippen LogP contribution in [0.4, 0.5) is 0 Å². The normalized spacial score (nSPS) is 31.1. The molecule has 1 N–H and O–H groups in total. The molecule has 1 heterocycles. The Kier molecular flexibility index (Phi) is 7.87. The molecule has 3 atom stereocenters. The fourth-order valence-corrected chi connectivity index (χ4v) is 5.70. The van der Waals surface area contributed by atoms with Gasteiger partial charge in [0.15, 0.2) is 5.96 Å². The molecule has 0 spiro atoms. The van der Waals surface area contributed by atoms with Crippen LogP contribution in [0.2, 0.25) is 0 Å². The molecule has 0 aromatic rings. The number of carbonyl (C=O) groups is 1. The number of nitrogens with one attached hydrogen (secondary N) is 1. The zero-order valence-corrected chi connectivity index (χ0v) is 19.9. The predicted molar refractivity (Wildman–Crippen MR) is 124 cm³/mol. The van der Waals surface area contributed by atoms with E-state index in [-0.39, 0.29) is 36.4 Å². The monoisotopic (exact) mass is 503 g/mol. The van der Waals surface area contributed by atoms with Gasteiger partial charge in [-0.05, 0) is 43.9 Å². The molecule has 28 heavy (non-hydrogen) atoms. The minimum absolute atomic E-state index is 0. The number of amides is 1. The van der Waals surface area contributed by atoms with Crippen molar-refractivity contribution in [3.05, 3.63) is 0 Å². The van der Waals surface area contributed by atoms with Crippen LogP contribution in [-0.4, -0.2) is 85.5 Å². The molecule has 6 nitrogen and oxygen atoms in total. The van der Waals surface area contributed by atoms with Crippen LogP contribution in [-0.2, 0) is 4.79 Å². The summed E-state index contributed by atoms with van der Waals surface area (Å²) in [6.45, 7) is 4.58. The van der Waals surface area contributed by atoms with Crippen molar-refractivity contribution in [1.82, 2.24) is 20.0 Å². The molecule has 4 fully saturated rings. The molecular formula is C21H38IN5O. The molecule has 3 unspecified atom stereocenters. The zero-order chi connectivity index (χ0) is 18.8. The van der Waals surface area contributed by atoms with Crippen molar-refractivity contribution in [3.63, 3.8) is 0 Å². The number of hydrogen-bond acceptors (Lipinski definition) is 3. The number of fused-ring (bicyclic) bond motifs is 2. The summed E-state index contributed by atoms with van der Waals surface area (Å²) >= 11 is 0. The van der Waals surface area contributed by atoms with Crippen LogP contribution in [0.15, 0.2) is 4.99 Å². The summed E-state index contributed by atoms with van der Waals surface area (Å²) in [5.41, 5.74) is 0. The molecule has 7 heteroatoms. The smallest absolute Gasteiger partial charge is 0.243 e. The fraction of sp³-hybridized carbons (Fsp3) is 0.905.